The van der Waals surface area contributed by atoms with Gasteiger partial charge >= 0.3 is 0 Å². The molecule has 0 amide bonds. The van der Waals surface area contributed by atoms with Gasteiger partial charge in [-0.05, 0) is 46.0 Å². The molecule has 1 unspecified atom stereocenters. The van der Waals surface area contributed by atoms with Crippen molar-refractivity contribution in [1.29, 1.82) is 0 Å². The van der Waals surface area contributed by atoms with E-state index in [1.165, 1.54) is 5.56 Å². The fraction of sp³-hybridized carbons (Fsp3) is 0.308. The van der Waals surface area contributed by atoms with E-state index in [-0.39, 0.29) is 12.8 Å². The molecule has 0 radical (unpaired) electrons. The normalized spacial score (nSPS) is 17.3. The number of aromatic amines is 1. The second kappa shape index (κ2) is 9.71. The molecule has 1 aromatic heterocycles. The molecule has 0 saturated heterocycles. The summed E-state index contributed by atoms with van der Waals surface area (Å²) < 4.78 is 0. The first-order valence-corrected chi connectivity index (χ1v) is 11.8. The Bertz CT molecular complexity index is 1250. The average molecular weight is 471 g/mol. The van der Waals surface area contributed by atoms with E-state index in [9.17, 15) is 5.11 Å². The maximum absolute atomic E-state index is 9.27. The number of H-pyrrole nitrogens is 1. The zero-order chi connectivity index (χ0) is 24.4. The topological polar surface area (TPSA) is 96.8 Å². The lowest BCUT2D eigenvalue weighted by Crippen LogP contribution is -2.44. The van der Waals surface area contributed by atoms with Crippen LogP contribution in [0.3, 0.4) is 0 Å². The van der Waals surface area contributed by atoms with Crippen LogP contribution in [0.4, 0.5) is 0 Å². The standard InChI is InChI=1S/C26H30N8O/c1-18(2)25-27-26-23(16-33(13-6-14-35)17-32(26)3)34(25)15-19-9-11-20(12-10-19)21-7-4-5-8-22(21)24-28-30-31-29-24/h4-5,7-12,16,25,35H,1,6,13-15,17H2,2-3H3,(H,28,29,30,31). The van der Waals surface area contributed by atoms with Crippen molar-refractivity contribution in [1.82, 2.24) is 35.3 Å². The van der Waals surface area contributed by atoms with E-state index < -0.39 is 0 Å². The zero-order valence-electron chi connectivity index (χ0n) is 20.1. The van der Waals surface area contributed by atoms with Gasteiger partial charge in [0.1, 0.15) is 6.17 Å². The summed E-state index contributed by atoms with van der Waals surface area (Å²) in [6.07, 6.45) is 2.81. The number of rotatable bonds is 8. The minimum absolute atomic E-state index is 0.101. The number of hydrogen-bond acceptors (Lipinski definition) is 8. The summed E-state index contributed by atoms with van der Waals surface area (Å²) in [5, 5.41) is 23.6. The van der Waals surface area contributed by atoms with Gasteiger partial charge in [-0.1, -0.05) is 55.1 Å². The Morgan fingerprint density at radius 3 is 2.60 bits per heavy atom. The van der Waals surface area contributed by atoms with Crippen molar-refractivity contribution in [2.24, 2.45) is 4.99 Å². The van der Waals surface area contributed by atoms with Crippen LogP contribution < -0.4 is 0 Å². The van der Waals surface area contributed by atoms with E-state index in [2.05, 4.69) is 85.5 Å². The Hall–Kier alpha value is -3.98. The van der Waals surface area contributed by atoms with Crippen LogP contribution in [0, 0.1) is 0 Å². The van der Waals surface area contributed by atoms with Crippen LogP contribution in [0.5, 0.6) is 0 Å². The predicted octanol–water partition coefficient (Wildman–Crippen LogP) is 3.08. The number of likely N-dealkylation sites (N-methyl/N-ethyl adjacent to an activating group) is 1. The first kappa shape index (κ1) is 22.8. The molecule has 35 heavy (non-hydrogen) atoms. The first-order chi connectivity index (χ1) is 17.0. The minimum atomic E-state index is -0.101. The van der Waals surface area contributed by atoms with E-state index >= 15 is 0 Å². The molecule has 3 heterocycles. The quantitative estimate of drug-likeness (QED) is 0.489. The molecule has 0 fully saturated rings. The molecule has 0 bridgehead atoms. The highest BCUT2D eigenvalue weighted by atomic mass is 16.3. The smallest absolute Gasteiger partial charge is 0.180 e. The van der Waals surface area contributed by atoms with E-state index in [0.29, 0.717) is 12.4 Å². The second-order valence-corrected chi connectivity index (χ2v) is 9.04. The number of aliphatic hydroxyl groups is 1. The summed E-state index contributed by atoms with van der Waals surface area (Å²) in [6.45, 7) is 8.70. The summed E-state index contributed by atoms with van der Waals surface area (Å²) in [5.41, 5.74) is 6.42. The van der Waals surface area contributed by atoms with Crippen molar-refractivity contribution in [2.75, 3.05) is 26.9 Å². The van der Waals surface area contributed by atoms with E-state index in [1.807, 2.05) is 25.1 Å². The number of benzene rings is 2. The lowest BCUT2D eigenvalue weighted by atomic mass is 9.98. The molecule has 2 aliphatic rings. The van der Waals surface area contributed by atoms with Gasteiger partial charge in [-0.15, -0.1) is 5.10 Å². The molecule has 0 aliphatic carbocycles. The third-order valence-electron chi connectivity index (χ3n) is 6.33. The van der Waals surface area contributed by atoms with Crippen LogP contribution in [0.1, 0.15) is 18.9 Å². The highest BCUT2D eigenvalue weighted by molar-refractivity contribution is 6.00. The Labute approximate surface area is 205 Å². The van der Waals surface area contributed by atoms with Gasteiger partial charge in [0.05, 0.1) is 12.4 Å². The number of amidine groups is 1. The second-order valence-electron chi connectivity index (χ2n) is 9.04. The van der Waals surface area contributed by atoms with Crippen molar-refractivity contribution in [3.05, 3.63) is 78.1 Å². The highest BCUT2D eigenvalue weighted by Crippen LogP contribution is 2.33. The maximum Gasteiger partial charge on any atom is 0.180 e. The summed E-state index contributed by atoms with van der Waals surface area (Å²) in [6, 6.07) is 16.7. The number of aliphatic imine (C=N–C) groups is 1. The average Bonchev–Trinajstić information content (AvgIpc) is 3.53. The third-order valence-corrected chi connectivity index (χ3v) is 6.33. The number of nitrogens with one attached hydrogen (secondary N) is 1. The zero-order valence-corrected chi connectivity index (χ0v) is 20.1. The van der Waals surface area contributed by atoms with Crippen LogP contribution in [-0.2, 0) is 6.54 Å². The van der Waals surface area contributed by atoms with Gasteiger partial charge in [0.25, 0.3) is 0 Å². The largest absolute Gasteiger partial charge is 0.396 e. The van der Waals surface area contributed by atoms with Gasteiger partial charge < -0.3 is 19.8 Å². The Kier molecular flexibility index (Phi) is 6.33. The Morgan fingerprint density at radius 1 is 1.14 bits per heavy atom. The molecule has 180 valence electrons. The summed E-state index contributed by atoms with van der Waals surface area (Å²) in [5.74, 6) is 1.64. The van der Waals surface area contributed by atoms with Crippen molar-refractivity contribution < 1.29 is 5.11 Å². The van der Waals surface area contributed by atoms with Gasteiger partial charge in [0.2, 0.25) is 0 Å². The maximum atomic E-state index is 9.27. The van der Waals surface area contributed by atoms with Crippen molar-refractivity contribution in [3.63, 3.8) is 0 Å². The fourth-order valence-electron chi connectivity index (χ4n) is 4.65. The van der Waals surface area contributed by atoms with Crippen LogP contribution in [-0.4, -0.2) is 79.3 Å². The number of aromatic nitrogens is 4. The van der Waals surface area contributed by atoms with Crippen molar-refractivity contribution in [3.8, 4) is 22.5 Å². The number of tetrazole rings is 1. The van der Waals surface area contributed by atoms with Gasteiger partial charge in [0, 0.05) is 38.5 Å². The summed E-state index contributed by atoms with van der Waals surface area (Å²) in [4.78, 5) is 11.7. The fourth-order valence-corrected chi connectivity index (χ4v) is 4.65. The Balaban J connectivity index is 1.41. The molecule has 3 aromatic rings. The lowest BCUT2D eigenvalue weighted by Gasteiger charge is -2.36. The van der Waals surface area contributed by atoms with Gasteiger partial charge in [-0.25, -0.2) is 10.1 Å². The van der Waals surface area contributed by atoms with Gasteiger partial charge in [0.15, 0.2) is 11.7 Å². The van der Waals surface area contributed by atoms with Crippen LogP contribution >= 0.6 is 0 Å². The minimum Gasteiger partial charge on any atom is -0.396 e. The molecular weight excluding hydrogens is 440 g/mol. The van der Waals surface area contributed by atoms with Crippen LogP contribution in [0.15, 0.2) is 77.6 Å². The molecule has 9 nitrogen and oxygen atoms in total. The molecular formula is C26H30N8O. The van der Waals surface area contributed by atoms with E-state index in [4.69, 9.17) is 4.99 Å². The van der Waals surface area contributed by atoms with Crippen molar-refractivity contribution in [2.45, 2.75) is 26.1 Å². The summed E-state index contributed by atoms with van der Waals surface area (Å²) >= 11 is 0. The third kappa shape index (κ3) is 4.54. The first-order valence-electron chi connectivity index (χ1n) is 11.8. The number of aliphatic hydroxyl groups excluding tert-OH is 1. The molecule has 5 rings (SSSR count). The predicted molar refractivity (Wildman–Crippen MR) is 136 cm³/mol. The monoisotopic (exact) mass is 470 g/mol. The number of fused-ring (bicyclic) bond motifs is 1. The van der Waals surface area contributed by atoms with Crippen molar-refractivity contribution >= 4 is 5.84 Å². The van der Waals surface area contributed by atoms with E-state index in [1.54, 1.807) is 0 Å². The van der Waals surface area contributed by atoms with Gasteiger partial charge in [-0.3, -0.25) is 0 Å². The molecule has 0 spiro atoms. The highest BCUT2D eigenvalue weighted by Gasteiger charge is 2.36. The lowest BCUT2D eigenvalue weighted by molar-refractivity contribution is 0.214. The molecule has 1 atom stereocenters. The molecule has 2 aliphatic heterocycles. The van der Waals surface area contributed by atoms with Gasteiger partial charge in [-0.2, -0.15) is 0 Å². The number of nitrogens with zero attached hydrogens (tertiary/aromatic N) is 7. The Morgan fingerprint density at radius 2 is 1.91 bits per heavy atom. The van der Waals surface area contributed by atoms with E-state index in [0.717, 1.165) is 53.4 Å². The number of hydrogen-bond donors (Lipinski definition) is 2. The van der Waals surface area contributed by atoms with Crippen LogP contribution in [0.25, 0.3) is 22.5 Å². The molecule has 0 saturated carbocycles. The molecule has 9 heteroatoms. The SMILES string of the molecule is C=C(C)C1N=C2C(=CN(CCCO)CN2C)N1Cc1ccc(-c2ccccc2-c2nnn[nH]2)cc1. The molecule has 2 aromatic carbocycles. The summed E-state index contributed by atoms with van der Waals surface area (Å²) in [7, 11) is 2.06. The molecule has 2 N–H and O–H groups in total. The van der Waals surface area contributed by atoms with Crippen LogP contribution in [0.2, 0.25) is 0 Å².